The molecule has 0 atom stereocenters. The highest BCUT2D eigenvalue weighted by Crippen LogP contribution is 2.24. The van der Waals surface area contributed by atoms with Crippen molar-refractivity contribution in [1.29, 1.82) is 0 Å². The van der Waals surface area contributed by atoms with E-state index in [-0.39, 0.29) is 17.7 Å². The lowest BCUT2D eigenvalue weighted by molar-refractivity contribution is -0.132. The van der Waals surface area contributed by atoms with E-state index in [4.69, 9.17) is 27.7 Å². The SMILES string of the molecule is CC(C)(C)c1noc(CCC(=O)N(Cc2ccc(Cl)c(Cl)c2)Cc2ccccn2)n1. The Bertz CT molecular complexity index is 1000. The fourth-order valence-corrected chi connectivity index (χ4v) is 3.13. The number of carbonyl (C=O) groups is 1. The number of pyridine rings is 1. The van der Waals surface area contributed by atoms with Crippen LogP contribution in [-0.4, -0.2) is 25.9 Å². The van der Waals surface area contributed by atoms with Gasteiger partial charge in [0, 0.05) is 31.0 Å². The van der Waals surface area contributed by atoms with Gasteiger partial charge >= 0.3 is 0 Å². The maximum atomic E-state index is 13.0. The summed E-state index contributed by atoms with van der Waals surface area (Å²) in [5, 5.41) is 4.95. The number of hydrogen-bond donors (Lipinski definition) is 0. The topological polar surface area (TPSA) is 72.1 Å². The number of rotatable bonds is 7. The quantitative estimate of drug-likeness (QED) is 0.496. The lowest BCUT2D eigenvalue weighted by atomic mass is 9.96. The first kappa shape index (κ1) is 22.2. The molecule has 1 amide bonds. The van der Waals surface area contributed by atoms with Crippen molar-refractivity contribution >= 4 is 29.1 Å². The van der Waals surface area contributed by atoms with Gasteiger partial charge in [-0.05, 0) is 29.8 Å². The number of nitrogens with zero attached hydrogens (tertiary/aromatic N) is 4. The summed E-state index contributed by atoms with van der Waals surface area (Å²) in [4.78, 5) is 23.5. The molecule has 30 heavy (non-hydrogen) atoms. The standard InChI is InChI=1S/C22H24Cl2N4O2/c1-22(2,3)21-26-19(30-27-21)9-10-20(29)28(14-16-6-4-5-11-25-16)13-15-7-8-17(23)18(24)12-15/h4-8,11-12H,9-10,13-14H2,1-3H3. The molecule has 3 rings (SSSR count). The number of amides is 1. The monoisotopic (exact) mass is 446 g/mol. The Balaban J connectivity index is 1.72. The Kier molecular flexibility index (Phi) is 7.10. The highest BCUT2D eigenvalue weighted by Gasteiger charge is 2.22. The highest BCUT2D eigenvalue weighted by atomic mass is 35.5. The summed E-state index contributed by atoms with van der Waals surface area (Å²) in [6, 6.07) is 11.0. The zero-order valence-electron chi connectivity index (χ0n) is 17.2. The van der Waals surface area contributed by atoms with Crippen LogP contribution in [0.2, 0.25) is 10.0 Å². The van der Waals surface area contributed by atoms with Crippen molar-refractivity contribution in [3.63, 3.8) is 0 Å². The summed E-state index contributed by atoms with van der Waals surface area (Å²) in [7, 11) is 0. The molecule has 2 aromatic heterocycles. The van der Waals surface area contributed by atoms with Crippen LogP contribution >= 0.6 is 23.2 Å². The van der Waals surface area contributed by atoms with Gasteiger partial charge in [0.1, 0.15) is 0 Å². The Morgan fingerprint density at radius 2 is 1.90 bits per heavy atom. The minimum atomic E-state index is -0.204. The molecule has 0 fully saturated rings. The molecule has 158 valence electrons. The van der Waals surface area contributed by atoms with Gasteiger partial charge in [-0.15, -0.1) is 0 Å². The molecule has 3 aromatic rings. The summed E-state index contributed by atoms with van der Waals surface area (Å²) in [5.74, 6) is 1.05. The molecule has 0 saturated heterocycles. The fourth-order valence-electron chi connectivity index (χ4n) is 2.81. The molecular weight excluding hydrogens is 423 g/mol. The Morgan fingerprint density at radius 1 is 1.10 bits per heavy atom. The van der Waals surface area contributed by atoms with Crippen LogP contribution in [0.4, 0.5) is 0 Å². The third-order valence-electron chi connectivity index (χ3n) is 4.48. The average molecular weight is 447 g/mol. The van der Waals surface area contributed by atoms with Crippen LogP contribution < -0.4 is 0 Å². The van der Waals surface area contributed by atoms with Gasteiger partial charge in [-0.3, -0.25) is 9.78 Å². The lowest BCUT2D eigenvalue weighted by Crippen LogP contribution is -2.30. The van der Waals surface area contributed by atoms with E-state index < -0.39 is 0 Å². The second-order valence-corrected chi connectivity index (χ2v) is 8.90. The number of aromatic nitrogens is 3. The fraction of sp³-hybridized carbons (Fsp3) is 0.364. The third-order valence-corrected chi connectivity index (χ3v) is 5.22. The van der Waals surface area contributed by atoms with Gasteiger partial charge in [0.15, 0.2) is 5.82 Å². The van der Waals surface area contributed by atoms with Gasteiger partial charge in [0.25, 0.3) is 0 Å². The maximum absolute atomic E-state index is 13.0. The van der Waals surface area contributed by atoms with E-state index in [0.29, 0.717) is 41.3 Å². The predicted molar refractivity (Wildman–Crippen MR) is 116 cm³/mol. The van der Waals surface area contributed by atoms with Crippen LogP contribution in [0.25, 0.3) is 0 Å². The first-order chi connectivity index (χ1) is 14.2. The minimum Gasteiger partial charge on any atom is -0.339 e. The zero-order chi connectivity index (χ0) is 21.7. The molecule has 0 spiro atoms. The second-order valence-electron chi connectivity index (χ2n) is 8.08. The maximum Gasteiger partial charge on any atom is 0.227 e. The molecular formula is C22H24Cl2N4O2. The van der Waals surface area contributed by atoms with E-state index >= 15 is 0 Å². The van der Waals surface area contributed by atoms with E-state index in [9.17, 15) is 4.79 Å². The van der Waals surface area contributed by atoms with Gasteiger partial charge in [0.05, 0.1) is 22.3 Å². The van der Waals surface area contributed by atoms with Crippen molar-refractivity contribution in [1.82, 2.24) is 20.0 Å². The summed E-state index contributed by atoms with van der Waals surface area (Å²) in [6.45, 7) is 6.82. The van der Waals surface area contributed by atoms with Crippen LogP contribution in [0.3, 0.4) is 0 Å². The lowest BCUT2D eigenvalue weighted by Gasteiger charge is -2.22. The predicted octanol–water partition coefficient (Wildman–Crippen LogP) is 5.23. The second kappa shape index (κ2) is 9.58. The number of benzene rings is 1. The van der Waals surface area contributed by atoms with Crippen molar-refractivity contribution in [3.8, 4) is 0 Å². The average Bonchev–Trinajstić information content (AvgIpc) is 3.19. The molecule has 0 saturated carbocycles. The molecule has 6 nitrogen and oxygen atoms in total. The zero-order valence-corrected chi connectivity index (χ0v) is 18.7. The number of carbonyl (C=O) groups excluding carboxylic acids is 1. The molecule has 1 aromatic carbocycles. The van der Waals surface area contributed by atoms with Crippen LogP contribution in [0.15, 0.2) is 47.1 Å². The van der Waals surface area contributed by atoms with Gasteiger partial charge in [-0.1, -0.05) is 61.3 Å². The number of halogens is 2. The summed E-state index contributed by atoms with van der Waals surface area (Å²) in [5.41, 5.74) is 1.49. The van der Waals surface area contributed by atoms with Crippen molar-refractivity contribution < 1.29 is 9.32 Å². The summed E-state index contributed by atoms with van der Waals surface area (Å²) in [6.07, 6.45) is 2.34. The number of aryl methyl sites for hydroxylation is 1. The van der Waals surface area contributed by atoms with Gasteiger partial charge in [-0.25, -0.2) is 0 Å². The first-order valence-electron chi connectivity index (χ1n) is 9.67. The smallest absolute Gasteiger partial charge is 0.227 e. The van der Waals surface area contributed by atoms with Gasteiger partial charge in [0.2, 0.25) is 11.8 Å². The number of hydrogen-bond acceptors (Lipinski definition) is 5. The Morgan fingerprint density at radius 3 is 2.53 bits per heavy atom. The molecule has 0 aliphatic carbocycles. The summed E-state index contributed by atoms with van der Waals surface area (Å²) < 4.78 is 5.31. The molecule has 0 aliphatic rings. The Hall–Kier alpha value is -2.44. The van der Waals surface area contributed by atoms with E-state index in [0.717, 1.165) is 11.3 Å². The molecule has 8 heteroatoms. The van der Waals surface area contributed by atoms with Crippen LogP contribution in [-0.2, 0) is 29.7 Å². The molecule has 2 heterocycles. The van der Waals surface area contributed by atoms with Crippen LogP contribution in [0.1, 0.15) is 50.2 Å². The van der Waals surface area contributed by atoms with Crippen LogP contribution in [0.5, 0.6) is 0 Å². The molecule has 0 unspecified atom stereocenters. The van der Waals surface area contributed by atoms with Crippen molar-refractivity contribution in [2.45, 2.75) is 52.1 Å². The first-order valence-corrected chi connectivity index (χ1v) is 10.4. The highest BCUT2D eigenvalue weighted by molar-refractivity contribution is 6.42. The largest absolute Gasteiger partial charge is 0.339 e. The van der Waals surface area contributed by atoms with Gasteiger partial charge < -0.3 is 9.42 Å². The van der Waals surface area contributed by atoms with Crippen LogP contribution in [0, 0.1) is 0 Å². The van der Waals surface area contributed by atoms with Crippen molar-refractivity contribution in [2.75, 3.05) is 0 Å². The van der Waals surface area contributed by atoms with Crippen molar-refractivity contribution in [3.05, 3.63) is 75.6 Å². The van der Waals surface area contributed by atoms with Gasteiger partial charge in [-0.2, -0.15) is 4.98 Å². The normalized spacial score (nSPS) is 11.5. The molecule has 0 radical (unpaired) electrons. The van der Waals surface area contributed by atoms with E-state index in [2.05, 4.69) is 15.1 Å². The molecule has 0 aliphatic heterocycles. The summed E-state index contributed by atoms with van der Waals surface area (Å²) >= 11 is 12.2. The molecule has 0 N–H and O–H groups in total. The van der Waals surface area contributed by atoms with E-state index in [1.165, 1.54) is 0 Å². The minimum absolute atomic E-state index is 0.0396. The third kappa shape index (κ3) is 6.03. The molecule has 0 bridgehead atoms. The Labute approximate surface area is 186 Å². The van der Waals surface area contributed by atoms with Crippen molar-refractivity contribution in [2.24, 2.45) is 0 Å². The van der Waals surface area contributed by atoms with E-state index in [1.54, 1.807) is 23.2 Å². The van der Waals surface area contributed by atoms with E-state index in [1.807, 2.05) is 45.0 Å².